The van der Waals surface area contributed by atoms with Crippen molar-refractivity contribution in [2.75, 3.05) is 19.6 Å². The van der Waals surface area contributed by atoms with Crippen LogP contribution >= 0.6 is 0 Å². The van der Waals surface area contributed by atoms with Gasteiger partial charge in [-0.15, -0.1) is 0 Å². The van der Waals surface area contributed by atoms with E-state index in [2.05, 4.69) is 4.98 Å². The molecule has 36 heavy (non-hydrogen) atoms. The highest BCUT2D eigenvalue weighted by Crippen LogP contribution is 2.46. The molecule has 2 amide bonds. The van der Waals surface area contributed by atoms with Gasteiger partial charge in [0.25, 0.3) is 5.91 Å². The summed E-state index contributed by atoms with van der Waals surface area (Å²) in [4.78, 5) is 38.2. The Bertz CT molecular complexity index is 1470. The fourth-order valence-corrected chi connectivity index (χ4v) is 5.30. The molecule has 7 rings (SSSR count). The topological polar surface area (TPSA) is 65.9 Å². The van der Waals surface area contributed by atoms with Crippen LogP contribution < -0.4 is 0 Å². The molecule has 0 unspecified atom stereocenters. The molecular weight excluding hydrogens is 462 g/mol. The first kappa shape index (κ1) is 21.6. The quantitative estimate of drug-likeness (QED) is 0.544. The molecule has 3 aromatic rings. The number of hydrogen-bond donors (Lipinski definition) is 0. The standard InChI is InChI=1S/C28H24F2N4O2/c29-20-5-8-24-18(11-20)4-7-23(31-24)19-3-6-21(22(30)12-19)25-32-28(9-10-28)27(36)34(25)15-16-13-33(14-16)26(35)17-1-2-17/h3-8,11-12,16-17H,1-2,9-10,13-15H2. The van der Waals surface area contributed by atoms with Crippen LogP contribution in [-0.2, 0) is 9.59 Å². The highest BCUT2D eigenvalue weighted by molar-refractivity contribution is 6.16. The van der Waals surface area contributed by atoms with Gasteiger partial charge in [0, 0.05) is 42.4 Å². The van der Waals surface area contributed by atoms with Crippen LogP contribution in [0.15, 0.2) is 53.5 Å². The van der Waals surface area contributed by atoms with E-state index in [4.69, 9.17) is 4.99 Å². The number of carbonyl (C=O) groups excluding carboxylic acids is 2. The van der Waals surface area contributed by atoms with Crippen molar-refractivity contribution in [1.82, 2.24) is 14.8 Å². The summed E-state index contributed by atoms with van der Waals surface area (Å²) in [6.45, 7) is 1.72. The number of rotatable bonds is 5. The van der Waals surface area contributed by atoms with Crippen molar-refractivity contribution in [3.05, 3.63) is 65.7 Å². The number of aromatic nitrogens is 1. The van der Waals surface area contributed by atoms with Crippen LogP contribution in [0.2, 0.25) is 0 Å². The third-order valence-corrected chi connectivity index (χ3v) is 7.74. The van der Waals surface area contributed by atoms with Crippen LogP contribution in [0, 0.1) is 23.5 Å². The van der Waals surface area contributed by atoms with Crippen LogP contribution in [0.4, 0.5) is 8.78 Å². The zero-order valence-electron chi connectivity index (χ0n) is 19.6. The van der Waals surface area contributed by atoms with Crippen molar-refractivity contribution >= 4 is 28.6 Å². The summed E-state index contributed by atoms with van der Waals surface area (Å²) < 4.78 is 29.0. The van der Waals surface area contributed by atoms with E-state index < -0.39 is 11.4 Å². The summed E-state index contributed by atoms with van der Waals surface area (Å²) >= 11 is 0. The van der Waals surface area contributed by atoms with E-state index in [0.29, 0.717) is 66.0 Å². The van der Waals surface area contributed by atoms with Crippen LogP contribution in [0.5, 0.6) is 0 Å². The second-order valence-electron chi connectivity index (χ2n) is 10.5. The first-order chi connectivity index (χ1) is 17.4. The van der Waals surface area contributed by atoms with E-state index in [0.717, 1.165) is 12.8 Å². The molecule has 0 atom stereocenters. The Labute approximate surface area is 206 Å². The van der Waals surface area contributed by atoms with Gasteiger partial charge in [-0.25, -0.2) is 13.8 Å². The van der Waals surface area contributed by atoms with Gasteiger partial charge in [-0.3, -0.25) is 19.5 Å². The Hall–Kier alpha value is -3.68. The molecule has 182 valence electrons. The largest absolute Gasteiger partial charge is 0.342 e. The molecule has 6 nitrogen and oxygen atoms in total. The predicted molar refractivity (Wildman–Crippen MR) is 130 cm³/mol. The molecule has 0 N–H and O–H groups in total. The smallest absolute Gasteiger partial charge is 0.256 e. The van der Waals surface area contributed by atoms with E-state index in [9.17, 15) is 14.0 Å². The second-order valence-corrected chi connectivity index (χ2v) is 10.5. The zero-order chi connectivity index (χ0) is 24.6. The number of benzene rings is 2. The molecule has 3 heterocycles. The minimum absolute atomic E-state index is 0.0589. The monoisotopic (exact) mass is 486 g/mol. The average molecular weight is 487 g/mol. The van der Waals surface area contributed by atoms with Crippen molar-refractivity contribution in [2.24, 2.45) is 16.8 Å². The minimum Gasteiger partial charge on any atom is -0.342 e. The fraction of sp³-hybridized carbons (Fsp3) is 0.357. The normalized spacial score (nSPS) is 20.7. The molecule has 1 saturated heterocycles. The molecule has 2 aliphatic heterocycles. The minimum atomic E-state index is -0.733. The van der Waals surface area contributed by atoms with Crippen LogP contribution in [0.25, 0.3) is 22.2 Å². The molecule has 2 aromatic carbocycles. The summed E-state index contributed by atoms with van der Waals surface area (Å²) in [5.74, 6) is 0.109. The van der Waals surface area contributed by atoms with Crippen molar-refractivity contribution in [2.45, 2.75) is 31.2 Å². The lowest BCUT2D eigenvalue weighted by molar-refractivity contribution is -0.139. The lowest BCUT2D eigenvalue weighted by Crippen LogP contribution is -2.55. The van der Waals surface area contributed by atoms with Gasteiger partial charge >= 0.3 is 0 Å². The van der Waals surface area contributed by atoms with Gasteiger partial charge in [0.05, 0.1) is 16.8 Å². The van der Waals surface area contributed by atoms with Crippen LogP contribution in [0.1, 0.15) is 31.2 Å². The van der Waals surface area contributed by atoms with E-state index in [1.807, 2.05) is 4.90 Å². The van der Waals surface area contributed by atoms with Gasteiger partial charge in [-0.05, 0) is 62.1 Å². The number of hydrogen-bond acceptors (Lipinski definition) is 4. The highest BCUT2D eigenvalue weighted by Gasteiger charge is 2.58. The number of carbonyl (C=O) groups is 2. The third kappa shape index (κ3) is 3.50. The summed E-state index contributed by atoms with van der Waals surface area (Å²) in [6, 6.07) is 12.7. The van der Waals surface area contributed by atoms with Crippen molar-refractivity contribution < 1.29 is 18.4 Å². The Morgan fingerprint density at radius 3 is 2.56 bits per heavy atom. The molecule has 1 spiro atoms. The highest BCUT2D eigenvalue weighted by atomic mass is 19.1. The number of pyridine rings is 1. The molecular formula is C28H24F2N4O2. The summed E-state index contributed by atoms with van der Waals surface area (Å²) in [5.41, 5.74) is 1.36. The number of amidine groups is 1. The molecule has 2 aliphatic carbocycles. The maximum Gasteiger partial charge on any atom is 0.256 e. The van der Waals surface area contributed by atoms with E-state index in [-0.39, 0.29) is 29.5 Å². The van der Waals surface area contributed by atoms with Crippen molar-refractivity contribution in [1.29, 1.82) is 0 Å². The number of likely N-dealkylation sites (tertiary alicyclic amines) is 1. The lowest BCUT2D eigenvalue weighted by atomic mass is 9.98. The van der Waals surface area contributed by atoms with Gasteiger partial charge in [0.2, 0.25) is 5.91 Å². The maximum absolute atomic E-state index is 15.5. The third-order valence-electron chi connectivity index (χ3n) is 7.74. The van der Waals surface area contributed by atoms with Crippen LogP contribution in [0.3, 0.4) is 0 Å². The lowest BCUT2D eigenvalue weighted by Gasteiger charge is -2.41. The summed E-state index contributed by atoms with van der Waals surface area (Å²) in [5, 5.41) is 0.674. The van der Waals surface area contributed by atoms with Gasteiger partial charge in [-0.1, -0.05) is 12.1 Å². The molecule has 0 bridgehead atoms. The predicted octanol–water partition coefficient (Wildman–Crippen LogP) is 4.17. The Morgan fingerprint density at radius 2 is 1.83 bits per heavy atom. The Kier molecular flexibility index (Phi) is 4.59. The number of fused-ring (bicyclic) bond motifs is 1. The van der Waals surface area contributed by atoms with Gasteiger partial charge < -0.3 is 4.90 Å². The van der Waals surface area contributed by atoms with Crippen LogP contribution in [-0.4, -0.2) is 57.6 Å². The van der Waals surface area contributed by atoms with Crippen molar-refractivity contribution in [3.63, 3.8) is 0 Å². The number of nitrogens with zero attached hydrogens (tertiary/aromatic N) is 4. The van der Waals surface area contributed by atoms with E-state index in [1.165, 1.54) is 18.2 Å². The number of amides is 2. The Morgan fingerprint density at radius 1 is 1.03 bits per heavy atom. The first-order valence-corrected chi connectivity index (χ1v) is 12.5. The maximum atomic E-state index is 15.5. The number of aliphatic imine (C=N–C) groups is 1. The zero-order valence-corrected chi connectivity index (χ0v) is 19.6. The molecule has 4 aliphatic rings. The van der Waals surface area contributed by atoms with Crippen molar-refractivity contribution in [3.8, 4) is 11.3 Å². The number of halogens is 2. The Balaban J connectivity index is 1.14. The average Bonchev–Trinajstić information content (AvgIpc) is 3.76. The summed E-state index contributed by atoms with van der Waals surface area (Å²) in [6.07, 6.45) is 3.33. The summed E-state index contributed by atoms with van der Waals surface area (Å²) in [7, 11) is 0. The van der Waals surface area contributed by atoms with Gasteiger partial charge in [0.15, 0.2) is 0 Å². The van der Waals surface area contributed by atoms with Gasteiger partial charge in [0.1, 0.15) is 23.0 Å². The van der Waals surface area contributed by atoms with Gasteiger partial charge in [-0.2, -0.15) is 0 Å². The second kappa shape index (κ2) is 7.66. The molecule has 8 heteroatoms. The molecule has 2 saturated carbocycles. The van der Waals surface area contributed by atoms with E-state index >= 15 is 4.39 Å². The first-order valence-electron chi connectivity index (χ1n) is 12.5. The van der Waals surface area contributed by atoms with E-state index in [1.54, 1.807) is 35.2 Å². The fourth-order valence-electron chi connectivity index (χ4n) is 5.30. The SMILES string of the molecule is O=C(C1CC1)N1CC(CN2C(=O)C3(CC3)N=C2c2ccc(-c3ccc4cc(F)ccc4n3)cc2F)C1. The molecule has 0 radical (unpaired) electrons. The molecule has 3 fully saturated rings. The molecule has 1 aromatic heterocycles.